The number of ether oxygens (including phenoxy) is 5. The van der Waals surface area contributed by atoms with Crippen LogP contribution in [0.25, 0.3) is 0 Å². The van der Waals surface area contributed by atoms with E-state index in [9.17, 15) is 33.6 Å². The van der Waals surface area contributed by atoms with Crippen LogP contribution >= 0.6 is 0 Å². The fraction of sp³-hybridized carbons (Fsp3) is 0.321. The van der Waals surface area contributed by atoms with Crippen molar-refractivity contribution >= 4 is 41.9 Å². The van der Waals surface area contributed by atoms with Crippen LogP contribution in [0.2, 0.25) is 0 Å². The van der Waals surface area contributed by atoms with Crippen molar-refractivity contribution in [3.8, 4) is 0 Å². The van der Waals surface area contributed by atoms with Gasteiger partial charge in [-0.15, -0.1) is 0 Å². The first-order valence-electron chi connectivity index (χ1n) is 11.7. The van der Waals surface area contributed by atoms with Crippen LogP contribution in [-0.2, 0) is 52.5 Å². The first-order valence-corrected chi connectivity index (χ1v) is 11.7. The van der Waals surface area contributed by atoms with Crippen LogP contribution in [-0.4, -0.2) is 85.2 Å². The summed E-state index contributed by atoms with van der Waals surface area (Å²) in [5.74, 6) is -4.91. The van der Waals surface area contributed by atoms with E-state index in [1.807, 2.05) is 0 Å². The second-order valence-electron chi connectivity index (χ2n) is 7.67. The summed E-state index contributed by atoms with van der Waals surface area (Å²) in [5.41, 5.74) is 3.56. The molecule has 0 atom stereocenters. The largest absolute Gasteiger partial charge is 0.478 e. The van der Waals surface area contributed by atoms with Gasteiger partial charge in [0.2, 0.25) is 0 Å². The van der Waals surface area contributed by atoms with Gasteiger partial charge in [-0.05, 0) is 20.8 Å². The van der Waals surface area contributed by atoms with E-state index < -0.39 is 47.3 Å². The maximum Gasteiger partial charge on any atom is 0.404 e. The first-order chi connectivity index (χ1) is 19.9. The van der Waals surface area contributed by atoms with Crippen molar-refractivity contribution < 1.29 is 67.5 Å². The van der Waals surface area contributed by atoms with Crippen molar-refractivity contribution in [3.63, 3.8) is 0 Å². The van der Waals surface area contributed by atoms with E-state index in [-0.39, 0.29) is 37.6 Å². The predicted octanol–water partition coefficient (Wildman–Crippen LogP) is 2.29. The zero-order valence-corrected chi connectivity index (χ0v) is 24.5. The minimum Gasteiger partial charge on any atom is -0.478 e. The number of esters is 4. The number of amides is 1. The van der Waals surface area contributed by atoms with E-state index >= 15 is 0 Å². The van der Waals surface area contributed by atoms with Crippen LogP contribution in [0, 0.1) is 5.41 Å². The van der Waals surface area contributed by atoms with Gasteiger partial charge in [-0.3, -0.25) is 0 Å². The Labute approximate surface area is 249 Å². The van der Waals surface area contributed by atoms with Crippen LogP contribution in [0.4, 0.5) is 4.79 Å². The maximum atomic E-state index is 11.3. The van der Waals surface area contributed by atoms with Gasteiger partial charge in [-0.2, -0.15) is 0 Å². The molecule has 43 heavy (non-hydrogen) atoms. The minimum atomic E-state index is -1.34. The zero-order valence-electron chi connectivity index (χ0n) is 24.5. The lowest BCUT2D eigenvalue weighted by Gasteiger charge is -2.31. The molecule has 240 valence electrons. The molecular formula is C28H39NO14. The molecule has 0 aromatic rings. The summed E-state index contributed by atoms with van der Waals surface area (Å²) in [6.45, 7) is 22.8. The molecule has 0 aliphatic carbocycles. The van der Waals surface area contributed by atoms with Crippen molar-refractivity contribution in [3.05, 3.63) is 74.9 Å². The van der Waals surface area contributed by atoms with Gasteiger partial charge >= 0.3 is 41.9 Å². The fourth-order valence-electron chi connectivity index (χ4n) is 1.52. The number of carbonyl (C=O) groups excluding carboxylic acids is 5. The molecule has 0 rings (SSSR count). The Morgan fingerprint density at radius 3 is 0.907 bits per heavy atom. The Bertz CT molecular complexity index is 893. The van der Waals surface area contributed by atoms with Crippen molar-refractivity contribution in [2.24, 2.45) is 11.1 Å². The lowest BCUT2D eigenvalue weighted by atomic mass is 9.92. The Hall–Kier alpha value is -5.47. The van der Waals surface area contributed by atoms with E-state index in [4.69, 9.17) is 29.2 Å². The number of rotatable bonds is 15. The smallest absolute Gasteiger partial charge is 0.404 e. The lowest BCUT2D eigenvalue weighted by Crippen LogP contribution is -2.43. The minimum absolute atomic E-state index is 0.176. The summed E-state index contributed by atoms with van der Waals surface area (Å²) in [6, 6.07) is 0. The van der Waals surface area contributed by atoms with Crippen LogP contribution in [0.15, 0.2) is 74.9 Å². The van der Waals surface area contributed by atoms with E-state index in [0.29, 0.717) is 6.61 Å². The molecule has 0 aromatic carbocycles. The molecule has 0 saturated carbocycles. The molecule has 0 aliphatic heterocycles. The van der Waals surface area contributed by atoms with Crippen molar-refractivity contribution in [1.29, 1.82) is 0 Å². The molecule has 0 unspecified atom stereocenters. The van der Waals surface area contributed by atoms with Gasteiger partial charge in [-0.1, -0.05) is 39.5 Å². The molecule has 0 heterocycles. The summed E-state index contributed by atoms with van der Waals surface area (Å²) in [6.07, 6.45) is 2.98. The predicted molar refractivity (Wildman–Crippen MR) is 153 cm³/mol. The average Bonchev–Trinajstić information content (AvgIpc) is 2.96. The van der Waals surface area contributed by atoms with E-state index in [1.165, 1.54) is 13.8 Å². The molecule has 0 aliphatic rings. The molecule has 15 heteroatoms. The van der Waals surface area contributed by atoms with Crippen molar-refractivity contribution in [2.75, 3.05) is 33.0 Å². The van der Waals surface area contributed by atoms with Crippen molar-refractivity contribution in [1.82, 2.24) is 0 Å². The normalized spacial score (nSPS) is 8.91. The standard InChI is InChI=1S/C17H20O8.2C4H6O2.C3H7NO2/c1-5-13(18)22-9-17(10-23-14(19)6-2,11-24-15(20)7-3)12-25-16(21)8-4;2*1-3(2)4(5)6;1-2-6-3(4)5/h5-8H,1-4,9-12H2;2*1H2,2H3,(H,5,6);2H2,1H3,(H2,4,5). The Kier molecular flexibility index (Phi) is 27.7. The highest BCUT2D eigenvalue weighted by molar-refractivity contribution is 5.85. The molecular weight excluding hydrogens is 574 g/mol. The van der Waals surface area contributed by atoms with Gasteiger partial charge in [0.05, 0.1) is 6.61 Å². The average molecular weight is 614 g/mol. The number of carboxylic acids is 2. The highest BCUT2D eigenvalue weighted by atomic mass is 16.6. The number of carboxylic acid groups (broad SMARTS) is 2. The highest BCUT2D eigenvalue weighted by Gasteiger charge is 2.37. The van der Waals surface area contributed by atoms with Gasteiger partial charge in [0.25, 0.3) is 0 Å². The Balaban J connectivity index is -0.000000339. The number of carbonyl (C=O) groups is 7. The van der Waals surface area contributed by atoms with E-state index in [2.05, 4.69) is 49.9 Å². The summed E-state index contributed by atoms with van der Waals surface area (Å²) >= 11 is 0. The molecule has 15 nitrogen and oxygen atoms in total. The molecule has 4 N–H and O–H groups in total. The molecule has 0 radical (unpaired) electrons. The third kappa shape index (κ3) is 30.9. The summed E-state index contributed by atoms with van der Waals surface area (Å²) in [4.78, 5) is 74.1. The first kappa shape index (κ1) is 44.5. The molecule has 0 bridgehead atoms. The summed E-state index contributed by atoms with van der Waals surface area (Å²) in [7, 11) is 0. The number of primary amides is 1. The van der Waals surface area contributed by atoms with Crippen LogP contribution in [0.1, 0.15) is 20.8 Å². The highest BCUT2D eigenvalue weighted by Crippen LogP contribution is 2.21. The molecule has 0 spiro atoms. The van der Waals surface area contributed by atoms with Gasteiger partial charge in [0, 0.05) is 35.5 Å². The molecule has 0 aromatic heterocycles. The SMILES string of the molecule is C=C(C)C(=O)O.C=C(C)C(=O)O.C=CC(=O)OCC(COC(=O)C=C)(COC(=O)C=C)COC(=O)C=C.CCOC(N)=O. The fourth-order valence-corrected chi connectivity index (χ4v) is 1.52. The Morgan fingerprint density at radius 1 is 0.605 bits per heavy atom. The van der Waals surface area contributed by atoms with Crippen LogP contribution in [0.5, 0.6) is 0 Å². The summed E-state index contributed by atoms with van der Waals surface area (Å²) < 4.78 is 24.0. The molecule has 1 amide bonds. The number of hydrogen-bond acceptors (Lipinski definition) is 12. The van der Waals surface area contributed by atoms with Gasteiger partial charge in [0.1, 0.15) is 31.8 Å². The molecule has 0 saturated heterocycles. The zero-order chi connectivity index (χ0) is 34.6. The summed E-state index contributed by atoms with van der Waals surface area (Å²) in [5, 5.41) is 15.8. The second-order valence-corrected chi connectivity index (χ2v) is 7.67. The Morgan fingerprint density at radius 2 is 0.814 bits per heavy atom. The van der Waals surface area contributed by atoms with Gasteiger partial charge in [0.15, 0.2) is 0 Å². The monoisotopic (exact) mass is 613 g/mol. The van der Waals surface area contributed by atoms with Crippen LogP contribution < -0.4 is 5.73 Å². The van der Waals surface area contributed by atoms with Gasteiger partial charge < -0.3 is 39.6 Å². The van der Waals surface area contributed by atoms with Crippen molar-refractivity contribution in [2.45, 2.75) is 20.8 Å². The second kappa shape index (κ2) is 26.7. The van der Waals surface area contributed by atoms with E-state index in [0.717, 1.165) is 24.3 Å². The molecule has 0 fully saturated rings. The lowest BCUT2D eigenvalue weighted by molar-refractivity contribution is -0.164. The van der Waals surface area contributed by atoms with Crippen LogP contribution in [0.3, 0.4) is 0 Å². The maximum absolute atomic E-state index is 11.3. The third-order valence-electron chi connectivity index (χ3n) is 3.77. The number of nitrogens with two attached hydrogens (primary N) is 1. The topological polar surface area (TPSA) is 232 Å². The van der Waals surface area contributed by atoms with Gasteiger partial charge in [-0.25, -0.2) is 33.6 Å². The quantitative estimate of drug-likeness (QED) is 0.137. The number of hydrogen-bond donors (Lipinski definition) is 3. The third-order valence-corrected chi connectivity index (χ3v) is 3.77. The number of aliphatic carboxylic acids is 2. The van der Waals surface area contributed by atoms with E-state index in [1.54, 1.807) is 6.92 Å².